The van der Waals surface area contributed by atoms with Crippen molar-refractivity contribution in [3.8, 4) is 0 Å². The van der Waals surface area contributed by atoms with Crippen LogP contribution in [0.3, 0.4) is 0 Å². The van der Waals surface area contributed by atoms with Crippen LogP contribution in [-0.4, -0.2) is 44.3 Å². The minimum atomic E-state index is -1.79. The van der Waals surface area contributed by atoms with Crippen molar-refractivity contribution in [1.29, 1.82) is 0 Å². The Morgan fingerprint density at radius 2 is 2.13 bits per heavy atom. The summed E-state index contributed by atoms with van der Waals surface area (Å²) < 4.78 is 5.85. The average molecular weight is 323 g/mol. The van der Waals surface area contributed by atoms with Crippen LogP contribution in [0.25, 0.3) is 0 Å². The molecule has 0 spiro atoms. The van der Waals surface area contributed by atoms with Crippen molar-refractivity contribution < 1.29 is 29.5 Å². The van der Waals surface area contributed by atoms with Gasteiger partial charge in [-0.05, 0) is 33.8 Å². The Hall–Kier alpha value is -2.68. The first-order valence-corrected chi connectivity index (χ1v) is 6.87. The SMILES string of the molecule is CC(C)(C)OC(=O)N(O)C1(C)C(=O)NN=C1c1ccc[n+](O)c1. The molecule has 1 aromatic heterocycles. The summed E-state index contributed by atoms with van der Waals surface area (Å²) in [6.07, 6.45) is 1.58. The van der Waals surface area contributed by atoms with E-state index >= 15 is 0 Å². The molecular formula is C14H19N4O5+. The Kier molecular flexibility index (Phi) is 3.99. The number of amides is 2. The second-order valence-corrected chi connectivity index (χ2v) is 6.24. The molecule has 9 nitrogen and oxygen atoms in total. The fourth-order valence-electron chi connectivity index (χ4n) is 2.07. The summed E-state index contributed by atoms with van der Waals surface area (Å²) in [5.74, 6) is -0.700. The molecule has 0 aromatic carbocycles. The zero-order chi connectivity index (χ0) is 17.4. The highest BCUT2D eigenvalue weighted by Gasteiger charge is 2.52. The number of nitrogens with one attached hydrogen (secondary N) is 1. The minimum Gasteiger partial charge on any atom is -0.442 e. The lowest BCUT2D eigenvalue weighted by atomic mass is 9.91. The van der Waals surface area contributed by atoms with E-state index in [0.29, 0.717) is 5.56 Å². The van der Waals surface area contributed by atoms with Crippen molar-refractivity contribution in [1.82, 2.24) is 10.5 Å². The van der Waals surface area contributed by atoms with E-state index in [4.69, 9.17) is 4.74 Å². The van der Waals surface area contributed by atoms with Gasteiger partial charge in [-0.15, -0.1) is 0 Å². The van der Waals surface area contributed by atoms with Crippen LogP contribution in [-0.2, 0) is 9.53 Å². The molecule has 1 atom stereocenters. The van der Waals surface area contributed by atoms with E-state index < -0.39 is 23.1 Å². The summed E-state index contributed by atoms with van der Waals surface area (Å²) in [5, 5.41) is 23.8. The molecule has 0 radical (unpaired) electrons. The zero-order valence-electron chi connectivity index (χ0n) is 13.3. The molecule has 124 valence electrons. The highest BCUT2D eigenvalue weighted by Crippen LogP contribution is 2.26. The summed E-state index contributed by atoms with van der Waals surface area (Å²) >= 11 is 0. The van der Waals surface area contributed by atoms with Crippen LogP contribution in [0.15, 0.2) is 29.6 Å². The van der Waals surface area contributed by atoms with Crippen LogP contribution in [0.4, 0.5) is 4.79 Å². The third kappa shape index (κ3) is 3.09. The molecule has 1 aromatic rings. The van der Waals surface area contributed by atoms with Crippen LogP contribution >= 0.6 is 0 Å². The van der Waals surface area contributed by atoms with Crippen molar-refractivity contribution in [3.05, 3.63) is 30.1 Å². The van der Waals surface area contributed by atoms with Gasteiger partial charge in [0.2, 0.25) is 12.4 Å². The topological polar surface area (TPSA) is 115 Å². The fourth-order valence-corrected chi connectivity index (χ4v) is 2.07. The lowest BCUT2D eigenvalue weighted by molar-refractivity contribution is -0.904. The quantitative estimate of drug-likeness (QED) is 0.316. The van der Waals surface area contributed by atoms with Crippen molar-refractivity contribution in [2.45, 2.75) is 38.8 Å². The van der Waals surface area contributed by atoms with Gasteiger partial charge in [0.25, 0.3) is 5.91 Å². The molecule has 0 fully saturated rings. The number of carbonyl (C=O) groups excluding carboxylic acids is 2. The average Bonchev–Trinajstić information content (AvgIpc) is 2.73. The van der Waals surface area contributed by atoms with Crippen molar-refractivity contribution in [2.24, 2.45) is 5.10 Å². The van der Waals surface area contributed by atoms with Gasteiger partial charge in [0.1, 0.15) is 11.3 Å². The van der Waals surface area contributed by atoms with Gasteiger partial charge < -0.3 is 4.74 Å². The smallest absolute Gasteiger partial charge is 0.435 e. The molecule has 0 saturated heterocycles. The molecule has 0 saturated carbocycles. The van der Waals surface area contributed by atoms with E-state index in [-0.39, 0.29) is 10.8 Å². The van der Waals surface area contributed by atoms with Crippen molar-refractivity contribution >= 4 is 17.7 Å². The lowest BCUT2D eigenvalue weighted by Gasteiger charge is -2.32. The maximum atomic E-state index is 12.2. The van der Waals surface area contributed by atoms with E-state index in [0.717, 1.165) is 4.73 Å². The van der Waals surface area contributed by atoms with Gasteiger partial charge in [-0.2, -0.15) is 10.2 Å². The first kappa shape index (κ1) is 16.7. The minimum absolute atomic E-state index is 0.0688. The largest absolute Gasteiger partial charge is 0.442 e. The number of hydroxylamine groups is 2. The van der Waals surface area contributed by atoms with E-state index in [9.17, 15) is 20.0 Å². The second kappa shape index (κ2) is 5.51. The van der Waals surface area contributed by atoms with Gasteiger partial charge in [0.15, 0.2) is 5.54 Å². The van der Waals surface area contributed by atoms with E-state index in [2.05, 4.69) is 10.5 Å². The number of nitrogens with zero attached hydrogens (tertiary/aromatic N) is 3. The maximum absolute atomic E-state index is 12.2. The van der Waals surface area contributed by atoms with Crippen LogP contribution in [0.5, 0.6) is 0 Å². The number of rotatable bonds is 2. The first-order valence-electron chi connectivity index (χ1n) is 6.87. The predicted molar refractivity (Wildman–Crippen MR) is 76.8 cm³/mol. The normalized spacial score (nSPS) is 20.7. The summed E-state index contributed by atoms with van der Waals surface area (Å²) in [4.78, 5) is 24.3. The Morgan fingerprint density at radius 1 is 1.48 bits per heavy atom. The molecule has 1 aliphatic rings. The molecule has 0 bridgehead atoms. The fraction of sp³-hybridized carbons (Fsp3) is 0.429. The van der Waals surface area contributed by atoms with E-state index in [1.165, 1.54) is 25.4 Å². The van der Waals surface area contributed by atoms with E-state index in [1.54, 1.807) is 26.8 Å². The number of ether oxygens (including phenoxy) is 1. The summed E-state index contributed by atoms with van der Waals surface area (Å²) in [6.45, 7) is 6.23. The van der Waals surface area contributed by atoms with Crippen LogP contribution < -0.4 is 10.2 Å². The van der Waals surface area contributed by atoms with Crippen LogP contribution in [0.1, 0.15) is 33.3 Å². The third-order valence-electron chi connectivity index (χ3n) is 3.22. The number of hydrazone groups is 1. The Labute approximate surface area is 132 Å². The van der Waals surface area contributed by atoms with Crippen LogP contribution in [0, 0.1) is 0 Å². The molecule has 1 unspecified atom stereocenters. The number of hydrogen-bond donors (Lipinski definition) is 3. The molecule has 2 amide bonds. The van der Waals surface area contributed by atoms with Gasteiger partial charge in [-0.3, -0.25) is 15.2 Å². The number of carbonyl (C=O) groups is 2. The van der Waals surface area contributed by atoms with Crippen molar-refractivity contribution in [3.63, 3.8) is 0 Å². The Bertz CT molecular complexity index is 682. The van der Waals surface area contributed by atoms with Crippen molar-refractivity contribution in [2.75, 3.05) is 0 Å². The van der Waals surface area contributed by atoms with Gasteiger partial charge in [-0.25, -0.2) is 10.2 Å². The van der Waals surface area contributed by atoms with Gasteiger partial charge in [0, 0.05) is 10.8 Å². The van der Waals surface area contributed by atoms with Crippen LogP contribution in [0.2, 0.25) is 0 Å². The number of hydrogen-bond acceptors (Lipinski definition) is 6. The number of aromatic nitrogens is 1. The molecule has 0 aliphatic carbocycles. The molecule has 2 heterocycles. The standard InChI is InChI=1S/C14H18N4O5/c1-13(2,3)23-12(20)18(22)14(4)10(15-16-11(14)19)9-6-5-7-17(21)8-9/h5-8,22H,1-4H3,(H-,16,19,21)/p+1. The Morgan fingerprint density at radius 3 is 2.70 bits per heavy atom. The molecular weight excluding hydrogens is 304 g/mol. The highest BCUT2D eigenvalue weighted by molar-refractivity contribution is 6.23. The molecule has 9 heteroatoms. The molecule has 2 rings (SSSR count). The predicted octanol–water partition coefficient (Wildman–Crippen LogP) is 0.430. The highest BCUT2D eigenvalue weighted by atomic mass is 16.6. The number of pyridine rings is 1. The summed E-state index contributed by atoms with van der Waals surface area (Å²) in [6, 6.07) is 3.10. The summed E-state index contributed by atoms with van der Waals surface area (Å²) in [5.41, 5.74) is -0.000504. The second-order valence-electron chi connectivity index (χ2n) is 6.24. The van der Waals surface area contributed by atoms with Gasteiger partial charge >= 0.3 is 6.09 Å². The molecule has 3 N–H and O–H groups in total. The van der Waals surface area contributed by atoms with Gasteiger partial charge in [-0.1, -0.05) is 0 Å². The summed E-state index contributed by atoms with van der Waals surface area (Å²) in [7, 11) is 0. The van der Waals surface area contributed by atoms with Gasteiger partial charge in [0.05, 0.1) is 5.56 Å². The first-order chi connectivity index (χ1) is 10.6. The third-order valence-corrected chi connectivity index (χ3v) is 3.22. The lowest BCUT2D eigenvalue weighted by Crippen LogP contribution is -2.59. The van der Waals surface area contributed by atoms with E-state index in [1.807, 2.05) is 0 Å². The maximum Gasteiger partial charge on any atom is 0.435 e. The zero-order valence-corrected chi connectivity index (χ0v) is 13.3. The molecule has 23 heavy (non-hydrogen) atoms. The molecule has 1 aliphatic heterocycles. The monoisotopic (exact) mass is 323 g/mol. The Balaban J connectivity index is 2.38.